The van der Waals surface area contributed by atoms with E-state index in [1.54, 1.807) is 0 Å². The smallest absolute Gasteiger partial charge is 0.0657 e. The van der Waals surface area contributed by atoms with E-state index < -0.39 is 8.07 Å². The zero-order valence-electron chi connectivity index (χ0n) is 10.5. The van der Waals surface area contributed by atoms with E-state index in [1.807, 2.05) is 6.07 Å². The molecule has 1 aromatic rings. The molecule has 0 saturated heterocycles. The molecule has 0 bridgehead atoms. The van der Waals surface area contributed by atoms with Crippen molar-refractivity contribution in [3.63, 3.8) is 0 Å². The van der Waals surface area contributed by atoms with Crippen molar-refractivity contribution >= 4 is 8.07 Å². The van der Waals surface area contributed by atoms with Gasteiger partial charge in [0.2, 0.25) is 0 Å². The molecule has 1 saturated carbocycles. The fourth-order valence-corrected chi connectivity index (χ4v) is 5.41. The molecule has 16 heavy (non-hydrogen) atoms. The van der Waals surface area contributed by atoms with Crippen molar-refractivity contribution in [2.75, 3.05) is 0 Å². The molecule has 1 aliphatic rings. The van der Waals surface area contributed by atoms with Gasteiger partial charge in [0, 0.05) is 0 Å². The molecule has 88 valence electrons. The molecule has 0 amide bonds. The van der Waals surface area contributed by atoms with E-state index in [0.29, 0.717) is 5.54 Å². The van der Waals surface area contributed by atoms with E-state index >= 15 is 0 Å². The topological polar surface area (TPSA) is 20.2 Å². The zero-order chi connectivity index (χ0) is 11.8. The predicted octanol–water partition coefficient (Wildman–Crippen LogP) is 3.46. The maximum atomic E-state index is 10.4. The molecule has 2 rings (SSSR count). The molecule has 1 aromatic carbocycles. The second kappa shape index (κ2) is 4.01. The van der Waals surface area contributed by atoms with Crippen LogP contribution in [0.3, 0.4) is 0 Å². The van der Waals surface area contributed by atoms with Crippen molar-refractivity contribution in [3.05, 3.63) is 35.9 Å². The molecule has 1 aliphatic carbocycles. The van der Waals surface area contributed by atoms with E-state index in [-0.39, 0.29) is 5.60 Å². The lowest BCUT2D eigenvalue weighted by molar-refractivity contribution is 0.139. The molecule has 1 nitrogen and oxygen atoms in total. The summed E-state index contributed by atoms with van der Waals surface area (Å²) in [5, 5.41) is 10.4. The average Bonchev–Trinajstić information content (AvgIpc) is 2.90. The van der Waals surface area contributed by atoms with Gasteiger partial charge in [-0.15, -0.1) is 0 Å². The summed E-state index contributed by atoms with van der Waals surface area (Å²) >= 11 is 0. The Bertz CT molecular complexity index is 355. The van der Waals surface area contributed by atoms with Gasteiger partial charge in [-0.3, -0.25) is 0 Å². The van der Waals surface area contributed by atoms with Crippen LogP contribution in [0.15, 0.2) is 30.3 Å². The van der Waals surface area contributed by atoms with Gasteiger partial charge in [0.1, 0.15) is 0 Å². The quantitative estimate of drug-likeness (QED) is 0.791. The van der Waals surface area contributed by atoms with E-state index in [2.05, 4.69) is 43.9 Å². The van der Waals surface area contributed by atoms with Gasteiger partial charge in [-0.1, -0.05) is 50.0 Å². The van der Waals surface area contributed by atoms with Crippen LogP contribution in [0, 0.1) is 0 Å². The normalized spacial score (nSPS) is 29.1. The zero-order valence-corrected chi connectivity index (χ0v) is 11.5. The van der Waals surface area contributed by atoms with Crippen LogP contribution < -0.4 is 0 Å². The first-order valence-electron chi connectivity index (χ1n) is 6.18. The van der Waals surface area contributed by atoms with Gasteiger partial charge in [0.05, 0.1) is 13.7 Å². The van der Waals surface area contributed by atoms with E-state index in [1.165, 1.54) is 5.56 Å². The minimum absolute atomic E-state index is 0.333. The first kappa shape index (κ1) is 11.9. The van der Waals surface area contributed by atoms with Crippen molar-refractivity contribution < 1.29 is 5.11 Å². The molecule has 1 N–H and O–H groups in total. The fourth-order valence-electron chi connectivity index (χ4n) is 2.69. The molecule has 0 aliphatic heterocycles. The summed E-state index contributed by atoms with van der Waals surface area (Å²) in [6.07, 6.45) is 2.99. The predicted molar refractivity (Wildman–Crippen MR) is 71.4 cm³/mol. The summed E-state index contributed by atoms with van der Waals surface area (Å²) in [6, 6.07) is 10.5. The molecule has 0 aromatic heterocycles. The third-order valence-corrected chi connectivity index (χ3v) is 6.61. The Morgan fingerprint density at radius 2 is 1.88 bits per heavy atom. The fraction of sp³-hybridized carbons (Fsp3) is 0.571. The lowest BCUT2D eigenvalue weighted by atomic mass is 10.1. The van der Waals surface area contributed by atoms with Crippen LogP contribution >= 0.6 is 0 Å². The van der Waals surface area contributed by atoms with Gasteiger partial charge >= 0.3 is 0 Å². The molecule has 2 heteroatoms. The second-order valence-electron chi connectivity index (χ2n) is 6.21. The molecule has 0 radical (unpaired) electrons. The number of aryl methyl sites for hydroxylation is 1. The first-order valence-corrected chi connectivity index (χ1v) is 9.76. The Morgan fingerprint density at radius 1 is 1.25 bits per heavy atom. The Balaban J connectivity index is 1.89. The van der Waals surface area contributed by atoms with Crippen LogP contribution in [-0.4, -0.2) is 18.8 Å². The Labute approximate surface area is 99.5 Å². The molecule has 1 fully saturated rings. The highest BCUT2D eigenvalue weighted by Crippen LogP contribution is 2.57. The van der Waals surface area contributed by atoms with Crippen LogP contribution in [-0.2, 0) is 6.42 Å². The monoisotopic (exact) mass is 234 g/mol. The number of hydrogen-bond acceptors (Lipinski definition) is 1. The third kappa shape index (κ3) is 2.55. The minimum atomic E-state index is -1.15. The maximum Gasteiger partial charge on any atom is 0.0657 e. The summed E-state index contributed by atoms with van der Waals surface area (Å²) in [6.45, 7) is 7.08. The van der Waals surface area contributed by atoms with Crippen molar-refractivity contribution in [2.24, 2.45) is 0 Å². The summed E-state index contributed by atoms with van der Waals surface area (Å²) in [5.41, 5.74) is 1.63. The number of hydrogen-bond donors (Lipinski definition) is 1. The Morgan fingerprint density at radius 3 is 2.38 bits per heavy atom. The molecule has 0 unspecified atom stereocenters. The van der Waals surface area contributed by atoms with Gasteiger partial charge < -0.3 is 5.11 Å². The van der Waals surface area contributed by atoms with Crippen LogP contribution in [0.1, 0.15) is 18.4 Å². The number of aliphatic hydroxyl groups is 1. The van der Waals surface area contributed by atoms with Gasteiger partial charge in [-0.05, 0) is 30.4 Å². The second-order valence-corrected chi connectivity index (χ2v) is 11.6. The summed E-state index contributed by atoms with van der Waals surface area (Å²) in [4.78, 5) is 0. The van der Waals surface area contributed by atoms with Crippen molar-refractivity contribution in [3.8, 4) is 0 Å². The van der Waals surface area contributed by atoms with Gasteiger partial charge in [0.25, 0.3) is 0 Å². The summed E-state index contributed by atoms with van der Waals surface area (Å²) < 4.78 is 0. The largest absolute Gasteiger partial charge is 0.390 e. The standard InChI is InChI=1S/C14H22OSi/c1-16(2,3)13-11-14(13,15)10-9-12-7-5-4-6-8-12/h4-8,13,15H,9-11H2,1-3H3/t13-,14-/m0/s1. The van der Waals surface area contributed by atoms with Crippen LogP contribution in [0.25, 0.3) is 0 Å². The molecular weight excluding hydrogens is 212 g/mol. The third-order valence-electron chi connectivity index (χ3n) is 3.78. The molecule has 0 heterocycles. The minimum Gasteiger partial charge on any atom is -0.390 e. The average molecular weight is 234 g/mol. The number of rotatable bonds is 4. The highest BCUT2D eigenvalue weighted by molar-refractivity contribution is 6.78. The van der Waals surface area contributed by atoms with E-state index in [4.69, 9.17) is 0 Å². The lowest BCUT2D eigenvalue weighted by Crippen LogP contribution is -2.26. The molecule has 0 spiro atoms. The highest BCUT2D eigenvalue weighted by atomic mass is 28.3. The summed E-state index contributed by atoms with van der Waals surface area (Å²) in [5.74, 6) is 0. The molecular formula is C14H22OSi. The van der Waals surface area contributed by atoms with Crippen LogP contribution in [0.4, 0.5) is 0 Å². The Kier molecular flexibility index (Phi) is 2.97. The van der Waals surface area contributed by atoms with Crippen molar-refractivity contribution in [2.45, 2.75) is 50.0 Å². The lowest BCUT2D eigenvalue weighted by Gasteiger charge is -2.19. The van der Waals surface area contributed by atoms with E-state index in [9.17, 15) is 5.11 Å². The van der Waals surface area contributed by atoms with Crippen molar-refractivity contribution in [1.82, 2.24) is 0 Å². The van der Waals surface area contributed by atoms with Crippen molar-refractivity contribution in [1.29, 1.82) is 0 Å². The molecule has 2 atom stereocenters. The van der Waals surface area contributed by atoms with E-state index in [0.717, 1.165) is 19.3 Å². The van der Waals surface area contributed by atoms with Gasteiger partial charge in [-0.25, -0.2) is 0 Å². The maximum absolute atomic E-state index is 10.4. The number of benzene rings is 1. The highest BCUT2D eigenvalue weighted by Gasteiger charge is 2.57. The van der Waals surface area contributed by atoms with Gasteiger partial charge in [0.15, 0.2) is 0 Å². The SMILES string of the molecule is C[Si](C)(C)[C@H]1C[C@@]1(O)CCc1ccccc1. The Hall–Kier alpha value is -0.603. The van der Waals surface area contributed by atoms with Crippen LogP contribution in [0.2, 0.25) is 25.2 Å². The van der Waals surface area contributed by atoms with Crippen LogP contribution in [0.5, 0.6) is 0 Å². The van der Waals surface area contributed by atoms with Gasteiger partial charge in [-0.2, -0.15) is 0 Å². The first-order chi connectivity index (χ1) is 7.42. The summed E-state index contributed by atoms with van der Waals surface area (Å²) in [7, 11) is -1.15.